The average molecular weight is 225 g/mol. The predicted octanol–water partition coefficient (Wildman–Crippen LogP) is 0.0837. The van der Waals surface area contributed by atoms with Gasteiger partial charge in [-0.15, -0.1) is 0 Å². The van der Waals surface area contributed by atoms with Crippen LogP contribution in [0.25, 0.3) is 0 Å². The highest BCUT2D eigenvalue weighted by Crippen LogP contribution is 2.01. The highest BCUT2D eigenvalue weighted by Gasteiger charge is 2.09. The van der Waals surface area contributed by atoms with Gasteiger partial charge < -0.3 is 19.9 Å². The van der Waals surface area contributed by atoms with Crippen LogP contribution in [0.5, 0.6) is 0 Å². The van der Waals surface area contributed by atoms with Crippen LogP contribution in [-0.4, -0.2) is 44.3 Å². The largest absolute Gasteiger partial charge is 0.383 e. The fraction of sp³-hybridized carbons (Fsp3) is 0.545. The van der Waals surface area contributed by atoms with Crippen molar-refractivity contribution in [1.82, 2.24) is 15.2 Å². The van der Waals surface area contributed by atoms with Gasteiger partial charge in [0, 0.05) is 32.9 Å². The SMILES string of the molecule is CNCCNC(=O)c1cccn1CCOC. The summed E-state index contributed by atoms with van der Waals surface area (Å²) >= 11 is 0. The Kier molecular flexibility index (Phi) is 5.60. The van der Waals surface area contributed by atoms with Gasteiger partial charge in [-0.1, -0.05) is 0 Å². The van der Waals surface area contributed by atoms with Crippen molar-refractivity contribution in [2.24, 2.45) is 0 Å². The van der Waals surface area contributed by atoms with E-state index in [9.17, 15) is 4.79 Å². The molecule has 2 N–H and O–H groups in total. The number of methoxy groups -OCH3 is 1. The van der Waals surface area contributed by atoms with E-state index in [4.69, 9.17) is 4.74 Å². The standard InChI is InChI=1S/C11H19N3O2/c1-12-5-6-13-11(15)10-4-3-7-14(10)8-9-16-2/h3-4,7,12H,5-6,8-9H2,1-2H3,(H,13,15). The van der Waals surface area contributed by atoms with E-state index >= 15 is 0 Å². The van der Waals surface area contributed by atoms with Crippen molar-refractivity contribution in [2.75, 3.05) is 33.9 Å². The maximum absolute atomic E-state index is 11.8. The van der Waals surface area contributed by atoms with Crippen molar-refractivity contribution in [3.8, 4) is 0 Å². The van der Waals surface area contributed by atoms with Crippen LogP contribution >= 0.6 is 0 Å². The Morgan fingerprint density at radius 2 is 2.31 bits per heavy atom. The maximum Gasteiger partial charge on any atom is 0.267 e. The van der Waals surface area contributed by atoms with E-state index in [0.717, 1.165) is 6.54 Å². The molecule has 16 heavy (non-hydrogen) atoms. The molecule has 0 fully saturated rings. The fourth-order valence-electron chi connectivity index (χ4n) is 1.40. The van der Waals surface area contributed by atoms with Gasteiger partial charge in [0.25, 0.3) is 5.91 Å². The van der Waals surface area contributed by atoms with E-state index in [1.165, 1.54) is 0 Å². The minimum absolute atomic E-state index is 0.0450. The van der Waals surface area contributed by atoms with Crippen LogP contribution in [0, 0.1) is 0 Å². The number of ether oxygens (including phenoxy) is 1. The lowest BCUT2D eigenvalue weighted by atomic mass is 10.4. The lowest BCUT2D eigenvalue weighted by Crippen LogP contribution is -2.31. The summed E-state index contributed by atoms with van der Waals surface area (Å²) in [4.78, 5) is 11.8. The van der Waals surface area contributed by atoms with Gasteiger partial charge in [0.05, 0.1) is 6.61 Å². The lowest BCUT2D eigenvalue weighted by Gasteiger charge is -2.09. The second-order valence-corrected chi connectivity index (χ2v) is 3.44. The molecule has 0 saturated heterocycles. The summed E-state index contributed by atoms with van der Waals surface area (Å²) in [6, 6.07) is 3.67. The normalized spacial score (nSPS) is 10.4. The average Bonchev–Trinajstić information content (AvgIpc) is 2.74. The molecule has 5 nitrogen and oxygen atoms in total. The summed E-state index contributed by atoms with van der Waals surface area (Å²) in [6.07, 6.45) is 1.88. The number of hydrogen-bond donors (Lipinski definition) is 2. The number of nitrogens with one attached hydrogen (secondary N) is 2. The van der Waals surface area contributed by atoms with E-state index < -0.39 is 0 Å². The molecule has 0 aliphatic rings. The molecular weight excluding hydrogens is 206 g/mol. The second-order valence-electron chi connectivity index (χ2n) is 3.44. The van der Waals surface area contributed by atoms with Gasteiger partial charge in [0.15, 0.2) is 0 Å². The molecule has 0 spiro atoms. The number of nitrogens with zero attached hydrogens (tertiary/aromatic N) is 1. The first kappa shape index (κ1) is 12.7. The van der Waals surface area contributed by atoms with Crippen LogP contribution in [0.1, 0.15) is 10.5 Å². The van der Waals surface area contributed by atoms with Crippen molar-refractivity contribution < 1.29 is 9.53 Å². The number of amides is 1. The third-order valence-electron chi connectivity index (χ3n) is 2.26. The van der Waals surface area contributed by atoms with Gasteiger partial charge in [-0.3, -0.25) is 4.79 Å². The Labute approximate surface area is 95.8 Å². The number of hydrogen-bond acceptors (Lipinski definition) is 3. The molecule has 5 heteroatoms. The van der Waals surface area contributed by atoms with Gasteiger partial charge in [0.2, 0.25) is 0 Å². The number of carbonyl (C=O) groups is 1. The van der Waals surface area contributed by atoms with E-state index in [1.54, 1.807) is 7.11 Å². The van der Waals surface area contributed by atoms with Gasteiger partial charge in [-0.25, -0.2) is 0 Å². The zero-order valence-corrected chi connectivity index (χ0v) is 9.82. The fourth-order valence-corrected chi connectivity index (χ4v) is 1.40. The quantitative estimate of drug-likeness (QED) is 0.646. The van der Waals surface area contributed by atoms with Crippen LogP contribution in [0.2, 0.25) is 0 Å². The van der Waals surface area contributed by atoms with Gasteiger partial charge in [-0.05, 0) is 19.2 Å². The Morgan fingerprint density at radius 3 is 3.00 bits per heavy atom. The van der Waals surface area contributed by atoms with Gasteiger partial charge in [0.1, 0.15) is 5.69 Å². The van der Waals surface area contributed by atoms with E-state index in [1.807, 2.05) is 29.9 Å². The minimum Gasteiger partial charge on any atom is -0.383 e. The van der Waals surface area contributed by atoms with E-state index in [0.29, 0.717) is 25.4 Å². The van der Waals surface area contributed by atoms with Crippen molar-refractivity contribution in [1.29, 1.82) is 0 Å². The number of aromatic nitrogens is 1. The van der Waals surface area contributed by atoms with Crippen LogP contribution in [0.3, 0.4) is 0 Å². The first-order valence-corrected chi connectivity index (χ1v) is 5.36. The molecule has 1 heterocycles. The summed E-state index contributed by atoms with van der Waals surface area (Å²) in [5.74, 6) is -0.0450. The monoisotopic (exact) mass is 225 g/mol. The van der Waals surface area contributed by atoms with Crippen molar-refractivity contribution in [2.45, 2.75) is 6.54 Å². The molecule has 0 aliphatic carbocycles. The van der Waals surface area contributed by atoms with E-state index in [2.05, 4.69) is 10.6 Å². The van der Waals surface area contributed by atoms with Crippen LogP contribution in [0.4, 0.5) is 0 Å². The van der Waals surface area contributed by atoms with Gasteiger partial charge >= 0.3 is 0 Å². The maximum atomic E-state index is 11.8. The molecule has 0 saturated carbocycles. The molecular formula is C11H19N3O2. The molecule has 1 amide bonds. The molecule has 0 radical (unpaired) electrons. The molecule has 0 aliphatic heterocycles. The molecule has 1 aromatic rings. The first-order chi connectivity index (χ1) is 7.79. The smallest absolute Gasteiger partial charge is 0.267 e. The Hall–Kier alpha value is -1.33. The molecule has 1 rings (SSSR count). The Balaban J connectivity index is 2.50. The predicted molar refractivity (Wildman–Crippen MR) is 62.6 cm³/mol. The number of likely N-dealkylation sites (N-methyl/N-ethyl adjacent to an activating group) is 1. The number of rotatable bonds is 7. The summed E-state index contributed by atoms with van der Waals surface area (Å²) in [7, 11) is 3.50. The molecule has 0 aromatic carbocycles. The second kappa shape index (κ2) is 7.03. The summed E-state index contributed by atoms with van der Waals surface area (Å²) in [5.41, 5.74) is 0.674. The van der Waals surface area contributed by atoms with E-state index in [-0.39, 0.29) is 5.91 Å². The van der Waals surface area contributed by atoms with Crippen molar-refractivity contribution >= 4 is 5.91 Å². The summed E-state index contributed by atoms with van der Waals surface area (Å²) < 4.78 is 6.87. The van der Waals surface area contributed by atoms with Crippen molar-refractivity contribution in [3.63, 3.8) is 0 Å². The highest BCUT2D eigenvalue weighted by atomic mass is 16.5. The third-order valence-corrected chi connectivity index (χ3v) is 2.26. The summed E-state index contributed by atoms with van der Waals surface area (Å²) in [5, 5.41) is 5.82. The van der Waals surface area contributed by atoms with Crippen molar-refractivity contribution in [3.05, 3.63) is 24.0 Å². The summed E-state index contributed by atoms with van der Waals surface area (Å²) in [6.45, 7) is 2.69. The Bertz CT molecular complexity index is 323. The lowest BCUT2D eigenvalue weighted by molar-refractivity contribution is 0.0942. The zero-order valence-electron chi connectivity index (χ0n) is 9.82. The van der Waals surface area contributed by atoms with Gasteiger partial charge in [-0.2, -0.15) is 0 Å². The molecule has 0 unspecified atom stereocenters. The molecule has 90 valence electrons. The molecule has 0 atom stereocenters. The number of carbonyl (C=O) groups excluding carboxylic acids is 1. The highest BCUT2D eigenvalue weighted by molar-refractivity contribution is 5.92. The first-order valence-electron chi connectivity index (χ1n) is 5.36. The zero-order chi connectivity index (χ0) is 11.8. The van der Waals surface area contributed by atoms with Crippen LogP contribution in [-0.2, 0) is 11.3 Å². The van der Waals surface area contributed by atoms with Crippen LogP contribution in [0.15, 0.2) is 18.3 Å². The minimum atomic E-state index is -0.0450. The molecule has 1 aromatic heterocycles. The van der Waals surface area contributed by atoms with Crippen LogP contribution < -0.4 is 10.6 Å². The Morgan fingerprint density at radius 1 is 1.50 bits per heavy atom. The topological polar surface area (TPSA) is 55.3 Å². The molecule has 0 bridgehead atoms. The third kappa shape index (κ3) is 3.67.